The van der Waals surface area contributed by atoms with Gasteiger partial charge in [0, 0.05) is 37.8 Å². The minimum atomic E-state index is -0.149. The molecule has 6 heteroatoms. The van der Waals surface area contributed by atoms with E-state index < -0.39 is 0 Å². The lowest BCUT2D eigenvalue weighted by Crippen LogP contribution is -2.29. The number of amides is 1. The van der Waals surface area contributed by atoms with E-state index in [2.05, 4.69) is 20.2 Å². The second-order valence-electron chi connectivity index (χ2n) is 5.12. The van der Waals surface area contributed by atoms with Crippen LogP contribution in [0.4, 0.5) is 0 Å². The summed E-state index contributed by atoms with van der Waals surface area (Å²) in [5, 5.41) is 6.87. The highest BCUT2D eigenvalue weighted by Crippen LogP contribution is 2.37. The number of carbonyl (C=O) groups is 1. The van der Waals surface area contributed by atoms with Crippen LogP contribution in [-0.2, 0) is 6.42 Å². The third-order valence-electron chi connectivity index (χ3n) is 3.43. The van der Waals surface area contributed by atoms with Crippen molar-refractivity contribution in [1.29, 1.82) is 0 Å². The minimum Gasteiger partial charge on any atom is -0.339 e. The molecule has 0 bridgehead atoms. The molecule has 2 heterocycles. The van der Waals surface area contributed by atoms with Gasteiger partial charge in [-0.2, -0.15) is 0 Å². The molecule has 2 aromatic rings. The quantitative estimate of drug-likeness (QED) is 0.891. The van der Waals surface area contributed by atoms with Crippen LogP contribution in [0.2, 0.25) is 0 Å². The Morgan fingerprint density at radius 1 is 1.45 bits per heavy atom. The molecular weight excluding hydrogens is 254 g/mol. The van der Waals surface area contributed by atoms with Gasteiger partial charge in [-0.1, -0.05) is 6.07 Å². The van der Waals surface area contributed by atoms with Crippen LogP contribution in [0.5, 0.6) is 0 Å². The van der Waals surface area contributed by atoms with Gasteiger partial charge >= 0.3 is 0 Å². The summed E-state index contributed by atoms with van der Waals surface area (Å²) in [7, 11) is 1.76. The molecule has 1 amide bonds. The standard InChI is InChI=1S/C14H17N5O/c1-19(9-7-11-4-2-3-8-15-11)14(20)13-16-12(17-18-13)10-5-6-10/h2-4,8,10H,5-7,9H2,1H3,(H,16,17,18). The van der Waals surface area contributed by atoms with Crippen LogP contribution >= 0.6 is 0 Å². The highest BCUT2D eigenvalue weighted by atomic mass is 16.2. The van der Waals surface area contributed by atoms with Crippen molar-refractivity contribution >= 4 is 5.91 Å². The summed E-state index contributed by atoms with van der Waals surface area (Å²) in [5.74, 6) is 1.42. The molecule has 0 spiro atoms. The molecule has 6 nitrogen and oxygen atoms in total. The first-order chi connectivity index (χ1) is 9.74. The minimum absolute atomic E-state index is 0.149. The van der Waals surface area contributed by atoms with Crippen LogP contribution < -0.4 is 0 Å². The lowest BCUT2D eigenvalue weighted by Gasteiger charge is -2.14. The van der Waals surface area contributed by atoms with Crippen LogP contribution in [0.15, 0.2) is 24.4 Å². The number of rotatable bonds is 5. The number of likely N-dealkylation sites (N-methyl/N-ethyl adjacent to an activating group) is 1. The molecule has 1 N–H and O–H groups in total. The first-order valence-electron chi connectivity index (χ1n) is 6.81. The molecule has 20 heavy (non-hydrogen) atoms. The SMILES string of the molecule is CN(CCc1ccccn1)C(=O)c1n[nH]c(C2CC2)n1. The van der Waals surface area contributed by atoms with Crippen molar-refractivity contribution in [3.05, 3.63) is 41.7 Å². The number of nitrogens with zero attached hydrogens (tertiary/aromatic N) is 4. The Labute approximate surface area is 117 Å². The number of H-pyrrole nitrogens is 1. The molecule has 0 unspecified atom stereocenters. The van der Waals surface area contributed by atoms with Crippen molar-refractivity contribution in [3.8, 4) is 0 Å². The van der Waals surface area contributed by atoms with Gasteiger partial charge in [-0.25, -0.2) is 4.98 Å². The number of pyridine rings is 1. The fraction of sp³-hybridized carbons (Fsp3) is 0.429. The topological polar surface area (TPSA) is 74.8 Å². The van der Waals surface area contributed by atoms with Crippen molar-refractivity contribution in [2.75, 3.05) is 13.6 Å². The van der Waals surface area contributed by atoms with Crippen LogP contribution in [-0.4, -0.2) is 44.6 Å². The first kappa shape index (κ1) is 12.8. The third-order valence-corrected chi connectivity index (χ3v) is 3.43. The van der Waals surface area contributed by atoms with Gasteiger partial charge in [0.25, 0.3) is 5.91 Å². The molecule has 1 aliphatic rings. The van der Waals surface area contributed by atoms with E-state index in [1.54, 1.807) is 18.1 Å². The largest absolute Gasteiger partial charge is 0.339 e. The highest BCUT2D eigenvalue weighted by Gasteiger charge is 2.28. The monoisotopic (exact) mass is 271 g/mol. The molecule has 1 saturated carbocycles. The molecular formula is C14H17N5O. The highest BCUT2D eigenvalue weighted by molar-refractivity contribution is 5.90. The Balaban J connectivity index is 1.58. The van der Waals surface area contributed by atoms with Crippen LogP contribution in [0.1, 0.15) is 40.9 Å². The number of nitrogens with one attached hydrogen (secondary N) is 1. The summed E-state index contributed by atoms with van der Waals surface area (Å²) in [5.41, 5.74) is 0.973. The van der Waals surface area contributed by atoms with Crippen LogP contribution in [0.25, 0.3) is 0 Å². The van der Waals surface area contributed by atoms with E-state index in [1.807, 2.05) is 18.2 Å². The molecule has 2 aromatic heterocycles. The average Bonchev–Trinajstić information content (AvgIpc) is 3.22. The maximum atomic E-state index is 12.2. The fourth-order valence-corrected chi connectivity index (χ4v) is 2.01. The lowest BCUT2D eigenvalue weighted by atomic mass is 10.2. The van der Waals surface area contributed by atoms with Gasteiger partial charge in [0.05, 0.1) is 0 Å². The van der Waals surface area contributed by atoms with E-state index in [-0.39, 0.29) is 11.7 Å². The van der Waals surface area contributed by atoms with Crippen molar-refractivity contribution in [1.82, 2.24) is 25.1 Å². The second-order valence-corrected chi connectivity index (χ2v) is 5.12. The van der Waals surface area contributed by atoms with E-state index in [0.29, 0.717) is 12.5 Å². The predicted octanol–water partition coefficient (Wildman–Crippen LogP) is 1.39. The second kappa shape index (κ2) is 5.40. The summed E-state index contributed by atoms with van der Waals surface area (Å²) in [6, 6.07) is 5.78. The molecule has 0 radical (unpaired) electrons. The van der Waals surface area contributed by atoms with Gasteiger partial charge in [-0.15, -0.1) is 5.10 Å². The van der Waals surface area contributed by atoms with Gasteiger partial charge in [-0.3, -0.25) is 14.9 Å². The van der Waals surface area contributed by atoms with Crippen molar-refractivity contribution in [2.45, 2.75) is 25.2 Å². The molecule has 0 aromatic carbocycles. The third kappa shape index (κ3) is 2.84. The maximum absolute atomic E-state index is 12.2. The number of hydrogen-bond donors (Lipinski definition) is 1. The summed E-state index contributed by atoms with van der Waals surface area (Å²) in [4.78, 5) is 22.3. The Hall–Kier alpha value is -2.24. The predicted molar refractivity (Wildman–Crippen MR) is 73.3 cm³/mol. The van der Waals surface area contributed by atoms with E-state index in [4.69, 9.17) is 0 Å². The molecule has 104 valence electrons. The van der Waals surface area contributed by atoms with Gasteiger partial charge in [0.1, 0.15) is 5.82 Å². The van der Waals surface area contributed by atoms with E-state index >= 15 is 0 Å². The summed E-state index contributed by atoms with van der Waals surface area (Å²) in [6.07, 6.45) is 4.76. The zero-order valence-electron chi connectivity index (χ0n) is 11.4. The Morgan fingerprint density at radius 2 is 2.30 bits per heavy atom. The fourth-order valence-electron chi connectivity index (χ4n) is 2.01. The Kier molecular flexibility index (Phi) is 3.45. The van der Waals surface area contributed by atoms with Gasteiger partial charge in [0.2, 0.25) is 5.82 Å². The van der Waals surface area contributed by atoms with E-state index in [1.165, 1.54) is 0 Å². The molecule has 1 fully saturated rings. The van der Waals surface area contributed by atoms with Gasteiger partial charge in [-0.05, 0) is 25.0 Å². The van der Waals surface area contributed by atoms with Crippen molar-refractivity contribution in [2.24, 2.45) is 0 Å². The summed E-state index contributed by atoms with van der Waals surface area (Å²) in [6.45, 7) is 0.600. The number of carbonyl (C=O) groups excluding carboxylic acids is 1. The Bertz CT molecular complexity index is 591. The van der Waals surface area contributed by atoms with Crippen molar-refractivity contribution < 1.29 is 4.79 Å². The van der Waals surface area contributed by atoms with Gasteiger partial charge < -0.3 is 4.90 Å². The zero-order chi connectivity index (χ0) is 13.9. The van der Waals surface area contributed by atoms with Crippen molar-refractivity contribution in [3.63, 3.8) is 0 Å². The molecule has 1 aliphatic carbocycles. The molecule has 0 aliphatic heterocycles. The normalized spacial score (nSPS) is 14.2. The Morgan fingerprint density at radius 3 is 3.00 bits per heavy atom. The first-order valence-corrected chi connectivity index (χ1v) is 6.81. The maximum Gasteiger partial charge on any atom is 0.293 e. The molecule has 0 atom stereocenters. The van der Waals surface area contributed by atoms with E-state index in [9.17, 15) is 4.79 Å². The number of aromatic nitrogens is 4. The van der Waals surface area contributed by atoms with Gasteiger partial charge in [0.15, 0.2) is 0 Å². The number of hydrogen-bond acceptors (Lipinski definition) is 4. The molecule has 3 rings (SSSR count). The van der Waals surface area contributed by atoms with Crippen LogP contribution in [0.3, 0.4) is 0 Å². The average molecular weight is 271 g/mol. The number of aromatic amines is 1. The molecule has 0 saturated heterocycles. The zero-order valence-corrected chi connectivity index (χ0v) is 11.4. The lowest BCUT2D eigenvalue weighted by molar-refractivity contribution is 0.0784. The van der Waals surface area contributed by atoms with E-state index in [0.717, 1.165) is 30.8 Å². The van der Waals surface area contributed by atoms with Crippen LogP contribution in [0, 0.1) is 0 Å². The summed E-state index contributed by atoms with van der Waals surface area (Å²) < 4.78 is 0. The summed E-state index contributed by atoms with van der Waals surface area (Å²) >= 11 is 0. The smallest absolute Gasteiger partial charge is 0.293 e.